The molecule has 1 aliphatic carbocycles. The Labute approximate surface area is 179 Å². The number of pyridine rings is 1. The molecule has 1 aromatic heterocycles. The summed E-state index contributed by atoms with van der Waals surface area (Å²) in [7, 11) is 0. The van der Waals surface area contributed by atoms with E-state index in [1.807, 2.05) is 29.4 Å². The van der Waals surface area contributed by atoms with Gasteiger partial charge < -0.3 is 10.1 Å². The summed E-state index contributed by atoms with van der Waals surface area (Å²) in [4.78, 5) is 16.2. The number of hydrogen-bond donors (Lipinski definition) is 1. The molecule has 3 heterocycles. The molecule has 2 aliphatic heterocycles. The molecule has 0 radical (unpaired) electrons. The summed E-state index contributed by atoms with van der Waals surface area (Å²) in [5, 5.41) is 9.19. The van der Waals surface area contributed by atoms with Crippen molar-refractivity contribution in [3.05, 3.63) is 89.5 Å². The molecule has 1 N–H and O–H groups in total. The number of hydrogen-bond acceptors (Lipinski definition) is 5. The standard InChI is InChI=1S/C24H19FN4O2/c25-20-8-3-7-17(12-20)23-22(28-24(30)31-23)19-11-16(13-26-14-19)5-4-10-29-21-9-2-1-6-18(21)15-27-29/h1-3,6-9,11-15,18,21-23H,10H2,(H,28,30)/t18?,21?,22-,23-/m1/s1. The monoisotopic (exact) mass is 414 g/mol. The van der Waals surface area contributed by atoms with Crippen molar-refractivity contribution in [1.29, 1.82) is 0 Å². The number of rotatable bonds is 3. The Kier molecular flexibility index (Phi) is 4.97. The van der Waals surface area contributed by atoms with E-state index in [4.69, 9.17) is 4.74 Å². The van der Waals surface area contributed by atoms with Crippen molar-refractivity contribution in [2.24, 2.45) is 11.0 Å². The van der Waals surface area contributed by atoms with Gasteiger partial charge in [-0.25, -0.2) is 9.18 Å². The first-order valence-electron chi connectivity index (χ1n) is 9.99. The lowest BCUT2D eigenvalue weighted by molar-refractivity contribution is 0.132. The Morgan fingerprint density at radius 1 is 1.16 bits per heavy atom. The van der Waals surface area contributed by atoms with Crippen LogP contribution < -0.4 is 5.32 Å². The predicted molar refractivity (Wildman–Crippen MR) is 113 cm³/mol. The zero-order valence-corrected chi connectivity index (χ0v) is 16.5. The first-order valence-corrected chi connectivity index (χ1v) is 9.99. The minimum absolute atomic E-state index is 0.210. The van der Waals surface area contributed by atoms with Gasteiger partial charge in [-0.05, 0) is 29.3 Å². The highest BCUT2D eigenvalue weighted by atomic mass is 19.1. The van der Waals surface area contributed by atoms with E-state index in [9.17, 15) is 9.18 Å². The number of nitrogens with one attached hydrogen (secondary N) is 1. The molecule has 2 aromatic rings. The van der Waals surface area contributed by atoms with E-state index < -0.39 is 18.2 Å². The molecule has 1 amide bonds. The molecule has 0 saturated carbocycles. The van der Waals surface area contributed by atoms with Gasteiger partial charge in [0.1, 0.15) is 11.9 Å². The SMILES string of the molecule is O=C1N[C@H](c2cncc(C#CCN3N=CC4C=CC=CC43)c2)[C@@H](c2cccc(F)c2)O1. The molecule has 0 bridgehead atoms. The first-order chi connectivity index (χ1) is 15.2. The molecular weight excluding hydrogens is 395 g/mol. The van der Waals surface area contributed by atoms with E-state index in [0.29, 0.717) is 18.0 Å². The van der Waals surface area contributed by atoms with Gasteiger partial charge in [0, 0.05) is 30.1 Å². The van der Waals surface area contributed by atoms with Gasteiger partial charge in [-0.2, -0.15) is 5.10 Å². The van der Waals surface area contributed by atoms with Crippen molar-refractivity contribution in [2.75, 3.05) is 6.54 Å². The van der Waals surface area contributed by atoms with Crippen LogP contribution in [0.25, 0.3) is 0 Å². The number of ether oxygens (including phenoxy) is 1. The molecule has 4 atom stereocenters. The molecule has 1 fully saturated rings. The van der Waals surface area contributed by atoms with Crippen LogP contribution in [0.15, 0.2) is 72.1 Å². The van der Waals surface area contributed by atoms with Gasteiger partial charge in [-0.3, -0.25) is 9.99 Å². The fourth-order valence-corrected chi connectivity index (χ4v) is 3.98. The van der Waals surface area contributed by atoms with E-state index >= 15 is 0 Å². The van der Waals surface area contributed by atoms with Gasteiger partial charge in [0.15, 0.2) is 6.10 Å². The maximum Gasteiger partial charge on any atom is 0.408 e. The van der Waals surface area contributed by atoms with Gasteiger partial charge >= 0.3 is 6.09 Å². The third kappa shape index (κ3) is 3.92. The van der Waals surface area contributed by atoms with E-state index in [1.165, 1.54) is 12.1 Å². The molecule has 6 nitrogen and oxygen atoms in total. The Hall–Kier alpha value is -3.92. The van der Waals surface area contributed by atoms with Crippen LogP contribution in [0.2, 0.25) is 0 Å². The van der Waals surface area contributed by atoms with Gasteiger partial charge in [0.05, 0.1) is 12.6 Å². The van der Waals surface area contributed by atoms with Crippen LogP contribution in [0.4, 0.5) is 9.18 Å². The molecule has 3 aliphatic rings. The average Bonchev–Trinajstić information content (AvgIpc) is 3.38. The summed E-state index contributed by atoms with van der Waals surface area (Å²) in [6.45, 7) is 0.495. The lowest BCUT2D eigenvalue weighted by Crippen LogP contribution is -2.30. The Balaban J connectivity index is 1.33. The number of halogens is 1. The first kappa shape index (κ1) is 19.1. The Morgan fingerprint density at radius 3 is 2.97 bits per heavy atom. The van der Waals surface area contributed by atoms with Crippen molar-refractivity contribution in [2.45, 2.75) is 18.2 Å². The topological polar surface area (TPSA) is 66.8 Å². The molecule has 0 spiro atoms. The quantitative estimate of drug-likeness (QED) is 0.781. The highest BCUT2D eigenvalue weighted by Gasteiger charge is 2.37. The minimum atomic E-state index is -0.643. The van der Waals surface area contributed by atoms with Crippen LogP contribution in [0.5, 0.6) is 0 Å². The van der Waals surface area contributed by atoms with Crippen molar-refractivity contribution in [1.82, 2.24) is 15.3 Å². The number of nitrogens with zero attached hydrogens (tertiary/aromatic N) is 3. The molecule has 7 heteroatoms. The van der Waals surface area contributed by atoms with Crippen LogP contribution >= 0.6 is 0 Å². The fraction of sp³-hybridized carbons (Fsp3) is 0.208. The molecule has 5 rings (SSSR count). The number of aromatic nitrogens is 1. The van der Waals surface area contributed by atoms with E-state index in [0.717, 1.165) is 11.1 Å². The number of amides is 1. The highest BCUT2D eigenvalue weighted by Crippen LogP contribution is 2.36. The lowest BCUT2D eigenvalue weighted by Gasteiger charge is -2.23. The molecule has 1 saturated heterocycles. The summed E-state index contributed by atoms with van der Waals surface area (Å²) in [6, 6.07) is 7.65. The minimum Gasteiger partial charge on any atom is -0.439 e. The van der Waals surface area contributed by atoms with Crippen LogP contribution in [-0.2, 0) is 4.74 Å². The van der Waals surface area contributed by atoms with Crippen molar-refractivity contribution >= 4 is 12.3 Å². The molecule has 154 valence electrons. The number of allylic oxidation sites excluding steroid dienone is 2. The van der Waals surface area contributed by atoms with Crippen LogP contribution in [-0.4, -0.2) is 34.9 Å². The number of carbonyl (C=O) groups excluding carboxylic acids is 1. The number of fused-ring (bicyclic) bond motifs is 1. The molecule has 1 aromatic carbocycles. The number of carbonyl (C=O) groups is 1. The van der Waals surface area contributed by atoms with Crippen LogP contribution in [0.1, 0.15) is 28.8 Å². The molecule has 2 unspecified atom stereocenters. The Morgan fingerprint density at radius 2 is 2.06 bits per heavy atom. The van der Waals surface area contributed by atoms with Crippen molar-refractivity contribution in [3.8, 4) is 11.8 Å². The normalized spacial score (nSPS) is 25.6. The van der Waals surface area contributed by atoms with Crippen molar-refractivity contribution in [3.63, 3.8) is 0 Å². The number of alkyl carbamates (subject to hydrolysis) is 1. The maximum absolute atomic E-state index is 13.7. The average molecular weight is 414 g/mol. The summed E-state index contributed by atoms with van der Waals surface area (Å²) in [5.41, 5.74) is 2.04. The molecular formula is C24H19FN4O2. The van der Waals surface area contributed by atoms with Gasteiger partial charge in [0.2, 0.25) is 0 Å². The van der Waals surface area contributed by atoms with E-state index in [2.05, 4.69) is 39.4 Å². The third-order valence-corrected chi connectivity index (χ3v) is 5.46. The van der Waals surface area contributed by atoms with Crippen LogP contribution in [0, 0.1) is 23.6 Å². The second kappa shape index (κ2) is 8.07. The zero-order valence-electron chi connectivity index (χ0n) is 16.5. The third-order valence-electron chi connectivity index (χ3n) is 5.46. The maximum atomic E-state index is 13.7. The number of benzene rings is 1. The largest absolute Gasteiger partial charge is 0.439 e. The zero-order chi connectivity index (χ0) is 21.2. The number of hydrazone groups is 1. The second-order valence-electron chi connectivity index (χ2n) is 7.51. The van der Waals surface area contributed by atoms with E-state index in [1.54, 1.807) is 24.5 Å². The van der Waals surface area contributed by atoms with Crippen molar-refractivity contribution < 1.29 is 13.9 Å². The van der Waals surface area contributed by atoms with E-state index in [-0.39, 0.29) is 11.9 Å². The molecule has 31 heavy (non-hydrogen) atoms. The lowest BCUT2D eigenvalue weighted by atomic mass is 9.97. The summed E-state index contributed by atoms with van der Waals surface area (Å²) in [6.07, 6.45) is 12.4. The summed E-state index contributed by atoms with van der Waals surface area (Å²) < 4.78 is 19.1. The number of cyclic esters (lactones) is 1. The second-order valence-corrected chi connectivity index (χ2v) is 7.51. The predicted octanol–water partition coefficient (Wildman–Crippen LogP) is 3.51. The summed E-state index contributed by atoms with van der Waals surface area (Å²) >= 11 is 0. The van der Waals surface area contributed by atoms with Gasteiger partial charge in [-0.15, -0.1) is 0 Å². The van der Waals surface area contributed by atoms with Gasteiger partial charge in [0.25, 0.3) is 0 Å². The smallest absolute Gasteiger partial charge is 0.408 e. The Bertz CT molecular complexity index is 1160. The van der Waals surface area contributed by atoms with Gasteiger partial charge in [-0.1, -0.05) is 48.3 Å². The summed E-state index contributed by atoms with van der Waals surface area (Å²) in [5.74, 6) is 6.18. The van der Waals surface area contributed by atoms with Crippen LogP contribution in [0.3, 0.4) is 0 Å². The fourth-order valence-electron chi connectivity index (χ4n) is 3.98. The highest BCUT2D eigenvalue weighted by molar-refractivity contribution is 5.71.